The predicted molar refractivity (Wildman–Crippen MR) is 97.8 cm³/mol. The Hall–Kier alpha value is -2.16. The van der Waals surface area contributed by atoms with E-state index in [1.54, 1.807) is 41.5 Å². The molecule has 154 valence electrons. The van der Waals surface area contributed by atoms with E-state index < -0.39 is 47.3 Å². The number of hydrogen-bond acceptors (Lipinski definition) is 7. The Balaban J connectivity index is 2.97. The van der Waals surface area contributed by atoms with Crippen molar-refractivity contribution in [2.24, 2.45) is 5.73 Å². The van der Waals surface area contributed by atoms with E-state index in [2.05, 4.69) is 5.32 Å². The molecular weight excluding hydrogens is 354 g/mol. The van der Waals surface area contributed by atoms with Crippen LogP contribution in [0.15, 0.2) is 0 Å². The van der Waals surface area contributed by atoms with Crippen molar-refractivity contribution in [2.75, 3.05) is 6.54 Å². The van der Waals surface area contributed by atoms with Gasteiger partial charge >= 0.3 is 12.1 Å². The molecule has 27 heavy (non-hydrogen) atoms. The van der Waals surface area contributed by atoms with Gasteiger partial charge in [-0.1, -0.05) is 0 Å². The molecule has 0 aromatic carbocycles. The van der Waals surface area contributed by atoms with Crippen LogP contribution >= 0.6 is 0 Å². The van der Waals surface area contributed by atoms with E-state index in [0.29, 0.717) is 19.1 Å². The average molecular weight is 385 g/mol. The fourth-order valence-electron chi connectivity index (χ4n) is 2.74. The quantitative estimate of drug-likeness (QED) is 0.527. The SMILES string of the molecule is CC(C)(C)OC(=O)N[C@@H](CN)C(=O)N1[C@@H](C=O)CC[C@H]1C(=O)OC(C)(C)C. The first-order valence-corrected chi connectivity index (χ1v) is 8.99. The van der Waals surface area contributed by atoms with E-state index in [-0.39, 0.29) is 6.54 Å². The molecule has 9 nitrogen and oxygen atoms in total. The van der Waals surface area contributed by atoms with Gasteiger partial charge in [0.25, 0.3) is 0 Å². The van der Waals surface area contributed by atoms with Crippen LogP contribution in [-0.2, 0) is 23.9 Å². The summed E-state index contributed by atoms with van der Waals surface area (Å²) in [4.78, 5) is 50.0. The smallest absolute Gasteiger partial charge is 0.408 e. The zero-order valence-electron chi connectivity index (χ0n) is 16.9. The lowest BCUT2D eigenvalue weighted by Crippen LogP contribution is -2.57. The van der Waals surface area contributed by atoms with Gasteiger partial charge in [-0.3, -0.25) is 4.79 Å². The van der Waals surface area contributed by atoms with E-state index >= 15 is 0 Å². The Bertz CT molecular complexity index is 579. The Labute approximate surface area is 159 Å². The molecule has 2 amide bonds. The first kappa shape index (κ1) is 22.9. The monoisotopic (exact) mass is 385 g/mol. The van der Waals surface area contributed by atoms with Crippen LogP contribution in [0.4, 0.5) is 4.79 Å². The maximum atomic E-state index is 12.9. The molecule has 1 aliphatic heterocycles. The molecule has 0 aliphatic carbocycles. The van der Waals surface area contributed by atoms with E-state index in [0.717, 1.165) is 4.90 Å². The number of aldehydes is 1. The lowest BCUT2D eigenvalue weighted by atomic mass is 10.1. The lowest BCUT2D eigenvalue weighted by molar-refractivity contribution is -0.164. The summed E-state index contributed by atoms with van der Waals surface area (Å²) >= 11 is 0. The van der Waals surface area contributed by atoms with Crippen LogP contribution in [0.5, 0.6) is 0 Å². The van der Waals surface area contributed by atoms with E-state index in [1.807, 2.05) is 0 Å². The lowest BCUT2D eigenvalue weighted by Gasteiger charge is -2.32. The third kappa shape index (κ3) is 6.82. The fourth-order valence-corrected chi connectivity index (χ4v) is 2.74. The van der Waals surface area contributed by atoms with Gasteiger partial charge in [0.2, 0.25) is 5.91 Å². The second kappa shape index (κ2) is 8.69. The minimum Gasteiger partial charge on any atom is -0.458 e. The number of ether oxygens (including phenoxy) is 2. The van der Waals surface area contributed by atoms with Crippen LogP contribution in [0.1, 0.15) is 54.4 Å². The molecule has 0 saturated carbocycles. The summed E-state index contributed by atoms with van der Waals surface area (Å²) in [5.74, 6) is -1.21. The van der Waals surface area contributed by atoms with Crippen LogP contribution in [0.2, 0.25) is 0 Å². The largest absolute Gasteiger partial charge is 0.458 e. The van der Waals surface area contributed by atoms with Crippen molar-refractivity contribution >= 4 is 24.3 Å². The van der Waals surface area contributed by atoms with Crippen molar-refractivity contribution in [1.82, 2.24) is 10.2 Å². The van der Waals surface area contributed by atoms with E-state index in [4.69, 9.17) is 15.2 Å². The van der Waals surface area contributed by atoms with Gasteiger partial charge in [-0.25, -0.2) is 9.59 Å². The Kier molecular flexibility index (Phi) is 7.36. The number of carbonyl (C=O) groups is 4. The number of alkyl carbamates (subject to hydrolysis) is 1. The number of nitrogens with zero attached hydrogens (tertiary/aromatic N) is 1. The highest BCUT2D eigenvalue weighted by Crippen LogP contribution is 2.26. The van der Waals surface area contributed by atoms with Crippen LogP contribution in [0.25, 0.3) is 0 Å². The highest BCUT2D eigenvalue weighted by Gasteiger charge is 2.44. The first-order chi connectivity index (χ1) is 12.3. The summed E-state index contributed by atoms with van der Waals surface area (Å²) in [6.45, 7) is 10.0. The Morgan fingerprint density at radius 2 is 1.67 bits per heavy atom. The topological polar surface area (TPSA) is 128 Å². The van der Waals surface area contributed by atoms with Gasteiger partial charge in [0.05, 0.1) is 6.04 Å². The summed E-state index contributed by atoms with van der Waals surface area (Å²) in [6.07, 6.45) is 0.446. The van der Waals surface area contributed by atoms with Gasteiger partial charge < -0.3 is 30.2 Å². The maximum absolute atomic E-state index is 12.9. The number of nitrogens with one attached hydrogen (secondary N) is 1. The summed E-state index contributed by atoms with van der Waals surface area (Å²) in [6, 6.07) is -2.80. The third-order valence-electron chi connectivity index (χ3n) is 3.74. The first-order valence-electron chi connectivity index (χ1n) is 8.99. The van der Waals surface area contributed by atoms with Gasteiger partial charge in [0.15, 0.2) is 0 Å². The number of likely N-dealkylation sites (tertiary alicyclic amines) is 1. The average Bonchev–Trinajstić information content (AvgIpc) is 2.92. The number of esters is 1. The summed E-state index contributed by atoms with van der Waals surface area (Å²) in [5, 5.41) is 2.41. The molecule has 3 N–H and O–H groups in total. The van der Waals surface area contributed by atoms with Gasteiger partial charge in [-0.05, 0) is 54.4 Å². The van der Waals surface area contributed by atoms with E-state index in [9.17, 15) is 19.2 Å². The van der Waals surface area contributed by atoms with Gasteiger partial charge in [0, 0.05) is 6.54 Å². The highest BCUT2D eigenvalue weighted by molar-refractivity contribution is 5.92. The number of nitrogens with two attached hydrogens (primary N) is 1. The molecule has 0 aromatic heterocycles. The van der Waals surface area contributed by atoms with Crippen molar-refractivity contribution in [3.05, 3.63) is 0 Å². The summed E-state index contributed by atoms with van der Waals surface area (Å²) in [5.41, 5.74) is 4.17. The van der Waals surface area contributed by atoms with Crippen LogP contribution in [0.3, 0.4) is 0 Å². The molecule has 3 atom stereocenters. The number of rotatable bonds is 5. The molecule has 0 radical (unpaired) electrons. The minimum absolute atomic E-state index is 0.207. The van der Waals surface area contributed by atoms with Gasteiger partial charge in [-0.2, -0.15) is 0 Å². The van der Waals surface area contributed by atoms with Crippen molar-refractivity contribution < 1.29 is 28.7 Å². The Morgan fingerprint density at radius 1 is 1.11 bits per heavy atom. The maximum Gasteiger partial charge on any atom is 0.408 e. The van der Waals surface area contributed by atoms with Crippen molar-refractivity contribution in [2.45, 2.75) is 83.7 Å². The van der Waals surface area contributed by atoms with Crippen molar-refractivity contribution in [3.63, 3.8) is 0 Å². The molecule has 0 unspecified atom stereocenters. The normalized spacial score (nSPS) is 21.4. The zero-order valence-corrected chi connectivity index (χ0v) is 16.9. The molecule has 9 heteroatoms. The second-order valence-corrected chi connectivity index (χ2v) is 8.51. The molecule has 0 spiro atoms. The molecule has 1 heterocycles. The van der Waals surface area contributed by atoms with Crippen LogP contribution in [-0.4, -0.2) is 65.0 Å². The highest BCUT2D eigenvalue weighted by atomic mass is 16.6. The van der Waals surface area contributed by atoms with E-state index in [1.165, 1.54) is 0 Å². The molecule has 0 aromatic rings. The van der Waals surface area contributed by atoms with Gasteiger partial charge in [0.1, 0.15) is 29.6 Å². The second-order valence-electron chi connectivity index (χ2n) is 8.51. The predicted octanol–water partition coefficient (Wildman–Crippen LogP) is 0.739. The van der Waals surface area contributed by atoms with Crippen molar-refractivity contribution in [3.8, 4) is 0 Å². The Morgan fingerprint density at radius 3 is 2.11 bits per heavy atom. The summed E-state index contributed by atoms with van der Waals surface area (Å²) < 4.78 is 10.5. The molecule has 1 fully saturated rings. The number of carbonyl (C=O) groups excluding carboxylic acids is 4. The summed E-state index contributed by atoms with van der Waals surface area (Å²) in [7, 11) is 0. The molecule has 1 saturated heterocycles. The standard InChI is InChI=1S/C18H31N3O6/c1-17(2,3)26-15(24)13-8-7-11(10-22)21(13)14(23)12(9-19)20-16(25)27-18(4,5)6/h10-13H,7-9,19H2,1-6H3,(H,20,25)/t11-,12+,13+/m1/s1. The fraction of sp³-hybridized carbons (Fsp3) is 0.778. The molecular formula is C18H31N3O6. The molecule has 0 bridgehead atoms. The number of hydrogen-bond donors (Lipinski definition) is 2. The van der Waals surface area contributed by atoms with Crippen LogP contribution in [0, 0.1) is 0 Å². The molecule has 1 aliphatic rings. The van der Waals surface area contributed by atoms with Crippen molar-refractivity contribution in [1.29, 1.82) is 0 Å². The molecule has 1 rings (SSSR count). The van der Waals surface area contributed by atoms with Crippen LogP contribution < -0.4 is 11.1 Å². The zero-order chi connectivity index (χ0) is 21.0. The third-order valence-corrected chi connectivity index (χ3v) is 3.74. The minimum atomic E-state index is -1.12. The van der Waals surface area contributed by atoms with Gasteiger partial charge in [-0.15, -0.1) is 0 Å². The number of amides is 2.